The number of piperazine rings is 1. The molecule has 2 fully saturated rings. The second kappa shape index (κ2) is 9.90. The number of nitrogens with one attached hydrogen (secondary N) is 1. The normalized spacial score (nSPS) is 19.1. The van der Waals surface area contributed by atoms with Gasteiger partial charge in [-0.1, -0.05) is 11.6 Å². The lowest BCUT2D eigenvalue weighted by Crippen LogP contribution is -2.52. The van der Waals surface area contributed by atoms with Crippen LogP contribution < -0.4 is 5.32 Å². The predicted octanol–water partition coefficient (Wildman–Crippen LogP) is 0.677. The summed E-state index contributed by atoms with van der Waals surface area (Å²) in [5, 5.41) is 12.6. The zero-order valence-corrected chi connectivity index (χ0v) is 19.2. The van der Waals surface area contributed by atoms with Gasteiger partial charge in [0.25, 0.3) is 11.8 Å². The minimum Gasteiger partial charge on any atom is -0.392 e. The number of anilines is 1. The Balaban J connectivity index is 1.31. The van der Waals surface area contributed by atoms with Gasteiger partial charge in [-0.2, -0.15) is 0 Å². The van der Waals surface area contributed by atoms with E-state index in [1.165, 1.54) is 6.20 Å². The molecule has 1 unspecified atom stereocenters. The van der Waals surface area contributed by atoms with Crippen molar-refractivity contribution in [2.75, 3.05) is 51.1 Å². The number of aliphatic hydroxyl groups excluding tert-OH is 1. The van der Waals surface area contributed by atoms with Crippen molar-refractivity contribution in [3.8, 4) is 0 Å². The molecule has 176 valence electrons. The second-order valence-electron chi connectivity index (χ2n) is 8.36. The van der Waals surface area contributed by atoms with E-state index in [1.54, 1.807) is 45.8 Å². The van der Waals surface area contributed by atoms with E-state index in [0.29, 0.717) is 56.9 Å². The van der Waals surface area contributed by atoms with Crippen LogP contribution in [-0.2, 0) is 11.8 Å². The molecule has 1 aromatic heterocycles. The zero-order valence-electron chi connectivity index (χ0n) is 18.4. The van der Waals surface area contributed by atoms with Crippen LogP contribution in [0.3, 0.4) is 0 Å². The monoisotopic (exact) mass is 474 g/mol. The van der Waals surface area contributed by atoms with E-state index in [-0.39, 0.29) is 34.7 Å². The highest BCUT2D eigenvalue weighted by Crippen LogP contribution is 2.23. The van der Waals surface area contributed by atoms with Gasteiger partial charge in [-0.05, 0) is 24.6 Å². The minimum atomic E-state index is -0.373. The molecule has 0 radical (unpaired) electrons. The molecule has 1 aromatic carbocycles. The van der Waals surface area contributed by atoms with E-state index >= 15 is 0 Å². The van der Waals surface area contributed by atoms with Crippen molar-refractivity contribution in [3.05, 3.63) is 47.0 Å². The third-order valence-corrected chi connectivity index (χ3v) is 6.32. The predicted molar refractivity (Wildman–Crippen MR) is 122 cm³/mol. The number of hydrogen-bond acceptors (Lipinski definition) is 6. The number of likely N-dealkylation sites (tertiary alicyclic amines) is 1. The highest BCUT2D eigenvalue weighted by Gasteiger charge is 2.28. The van der Waals surface area contributed by atoms with Gasteiger partial charge < -0.3 is 24.8 Å². The van der Waals surface area contributed by atoms with Crippen LogP contribution in [0.2, 0.25) is 5.02 Å². The fourth-order valence-electron chi connectivity index (χ4n) is 4.11. The Kier molecular flexibility index (Phi) is 6.96. The lowest BCUT2D eigenvalue weighted by atomic mass is 10.1. The molecular weight excluding hydrogens is 448 g/mol. The number of benzene rings is 1. The number of hydrogen-bond donors (Lipinski definition) is 2. The highest BCUT2D eigenvalue weighted by molar-refractivity contribution is 6.34. The number of aliphatic hydroxyl groups is 1. The third-order valence-electron chi connectivity index (χ3n) is 6.01. The van der Waals surface area contributed by atoms with Crippen molar-refractivity contribution < 1.29 is 19.5 Å². The summed E-state index contributed by atoms with van der Waals surface area (Å²) >= 11 is 6.36. The van der Waals surface area contributed by atoms with Crippen LogP contribution in [0.25, 0.3) is 0 Å². The van der Waals surface area contributed by atoms with Crippen molar-refractivity contribution in [2.45, 2.75) is 12.5 Å². The number of β-amino-alcohol motifs (C(OH)–C–C–N with tert-alkyl or cyclic N) is 1. The van der Waals surface area contributed by atoms with Gasteiger partial charge in [-0.25, -0.2) is 4.98 Å². The molecule has 2 aromatic rings. The molecule has 2 aliphatic rings. The van der Waals surface area contributed by atoms with Gasteiger partial charge in [0.15, 0.2) is 5.82 Å². The third kappa shape index (κ3) is 5.35. The Hall–Kier alpha value is -2.95. The van der Waals surface area contributed by atoms with Crippen LogP contribution in [0.5, 0.6) is 0 Å². The Morgan fingerprint density at radius 2 is 1.88 bits per heavy atom. The molecular formula is C22H27ClN6O4. The summed E-state index contributed by atoms with van der Waals surface area (Å²) in [5.41, 5.74) is 0.810. The summed E-state index contributed by atoms with van der Waals surface area (Å²) in [6.45, 7) is 3.29. The summed E-state index contributed by atoms with van der Waals surface area (Å²) in [6.07, 6.45) is 3.55. The molecule has 0 bridgehead atoms. The first-order valence-electron chi connectivity index (χ1n) is 10.9. The minimum absolute atomic E-state index is 0.0158. The second-order valence-corrected chi connectivity index (χ2v) is 8.77. The lowest BCUT2D eigenvalue weighted by molar-refractivity contribution is -0.133. The first-order valence-corrected chi connectivity index (χ1v) is 11.3. The number of rotatable bonds is 5. The van der Waals surface area contributed by atoms with Gasteiger partial charge in [0.05, 0.1) is 23.2 Å². The summed E-state index contributed by atoms with van der Waals surface area (Å²) in [6, 6.07) is 4.76. The summed E-state index contributed by atoms with van der Waals surface area (Å²) in [5.74, 6) is -0.305. The van der Waals surface area contributed by atoms with E-state index < -0.39 is 0 Å². The van der Waals surface area contributed by atoms with Crippen LogP contribution in [0, 0.1) is 0 Å². The SMILES string of the molecule is Cn1ccnc1C(=O)Nc1ccc(C(=O)N2CCN(C(=O)CN3CCC(O)C3)CC2)c(Cl)c1. The molecule has 2 N–H and O–H groups in total. The zero-order chi connectivity index (χ0) is 23.5. The van der Waals surface area contributed by atoms with Crippen LogP contribution in [-0.4, -0.2) is 99.0 Å². The Labute approximate surface area is 196 Å². The van der Waals surface area contributed by atoms with Crippen LogP contribution in [0.1, 0.15) is 27.4 Å². The van der Waals surface area contributed by atoms with Crippen LogP contribution in [0.15, 0.2) is 30.6 Å². The molecule has 11 heteroatoms. The number of carbonyl (C=O) groups is 3. The van der Waals surface area contributed by atoms with Crippen molar-refractivity contribution in [3.63, 3.8) is 0 Å². The van der Waals surface area contributed by atoms with Gasteiger partial charge in [-0.15, -0.1) is 0 Å². The largest absolute Gasteiger partial charge is 0.392 e. The number of aromatic nitrogens is 2. The first-order chi connectivity index (χ1) is 15.8. The van der Waals surface area contributed by atoms with E-state index in [4.69, 9.17) is 11.6 Å². The molecule has 33 heavy (non-hydrogen) atoms. The van der Waals surface area contributed by atoms with Gasteiger partial charge in [0.1, 0.15) is 0 Å². The standard InChI is InChI=1S/C22H27ClN6O4/c1-26-7-5-24-20(26)21(32)25-15-2-3-17(18(23)12-15)22(33)29-10-8-28(9-11-29)19(31)14-27-6-4-16(30)13-27/h2-3,5,7,12,16,30H,4,6,8-11,13-14H2,1H3,(H,25,32). The molecule has 0 aliphatic carbocycles. The van der Waals surface area contributed by atoms with E-state index in [0.717, 1.165) is 6.54 Å². The average molecular weight is 475 g/mol. The van der Waals surface area contributed by atoms with Gasteiger partial charge >= 0.3 is 0 Å². The summed E-state index contributed by atoms with van der Waals surface area (Å²) in [7, 11) is 1.72. The van der Waals surface area contributed by atoms with Gasteiger partial charge in [-0.3, -0.25) is 19.3 Å². The van der Waals surface area contributed by atoms with Gasteiger partial charge in [0, 0.05) is 64.4 Å². The molecule has 2 aliphatic heterocycles. The first kappa shape index (κ1) is 23.2. The highest BCUT2D eigenvalue weighted by atomic mass is 35.5. The number of nitrogens with zero attached hydrogens (tertiary/aromatic N) is 5. The number of amides is 3. The molecule has 3 amide bonds. The molecule has 2 saturated heterocycles. The number of aryl methyl sites for hydroxylation is 1. The maximum absolute atomic E-state index is 13.0. The van der Waals surface area contributed by atoms with Gasteiger partial charge in [0.2, 0.25) is 5.91 Å². The fourth-order valence-corrected chi connectivity index (χ4v) is 4.38. The molecule has 4 rings (SSSR count). The average Bonchev–Trinajstić information content (AvgIpc) is 3.41. The van der Waals surface area contributed by atoms with Crippen molar-refractivity contribution in [1.82, 2.24) is 24.3 Å². The Morgan fingerprint density at radius 1 is 1.15 bits per heavy atom. The maximum Gasteiger partial charge on any atom is 0.291 e. The summed E-state index contributed by atoms with van der Waals surface area (Å²) in [4.78, 5) is 47.2. The van der Waals surface area contributed by atoms with E-state index in [1.807, 2.05) is 4.90 Å². The molecule has 3 heterocycles. The molecule has 0 saturated carbocycles. The van der Waals surface area contributed by atoms with Crippen LogP contribution in [0.4, 0.5) is 5.69 Å². The topological polar surface area (TPSA) is 111 Å². The lowest BCUT2D eigenvalue weighted by Gasteiger charge is -2.35. The van der Waals surface area contributed by atoms with E-state index in [9.17, 15) is 19.5 Å². The van der Waals surface area contributed by atoms with Crippen molar-refractivity contribution in [1.29, 1.82) is 0 Å². The number of halogens is 1. The quantitative estimate of drug-likeness (QED) is 0.659. The van der Waals surface area contributed by atoms with Crippen LogP contribution >= 0.6 is 11.6 Å². The summed E-state index contributed by atoms with van der Waals surface area (Å²) < 4.78 is 1.60. The number of carbonyl (C=O) groups excluding carboxylic acids is 3. The van der Waals surface area contributed by atoms with Crippen molar-refractivity contribution in [2.24, 2.45) is 7.05 Å². The molecule has 0 spiro atoms. The fraction of sp³-hybridized carbons (Fsp3) is 0.455. The van der Waals surface area contributed by atoms with Crippen molar-refractivity contribution >= 4 is 35.0 Å². The smallest absolute Gasteiger partial charge is 0.291 e. The Bertz CT molecular complexity index is 1050. The molecule has 1 atom stereocenters. The maximum atomic E-state index is 13.0. The van der Waals surface area contributed by atoms with E-state index in [2.05, 4.69) is 10.3 Å². The Morgan fingerprint density at radius 3 is 2.48 bits per heavy atom. The number of imidazole rings is 1. The molecule has 10 nitrogen and oxygen atoms in total.